The normalized spacial score (nSPS) is 8.14. The first kappa shape index (κ1) is 9.93. The van der Waals surface area contributed by atoms with Crippen LogP contribution >= 0.6 is 0 Å². The van der Waals surface area contributed by atoms with E-state index >= 15 is 0 Å². The third-order valence-electron chi connectivity index (χ3n) is 0.303. The molecule has 2 nitrogen and oxygen atoms in total. The Morgan fingerprint density at radius 3 is 2.14 bits per heavy atom. The fraction of sp³-hybridized carbons (Fsp3) is 0.250. The van der Waals surface area contributed by atoms with Gasteiger partial charge in [0.05, 0.1) is 5.97 Å². The van der Waals surface area contributed by atoms with Crippen molar-refractivity contribution in [2.75, 3.05) is 0 Å². The van der Waals surface area contributed by atoms with Gasteiger partial charge in [-0.15, -0.1) is 0 Å². The quantitative estimate of drug-likeness (QED) is 0.247. The molecule has 0 spiro atoms. The second-order valence-corrected chi connectivity index (χ2v) is 0.819. The summed E-state index contributed by atoms with van der Waals surface area (Å²) in [7, 11) is 0. The van der Waals surface area contributed by atoms with E-state index in [0.717, 1.165) is 6.08 Å². The first-order valence-electron chi connectivity index (χ1n) is 1.61. The van der Waals surface area contributed by atoms with Crippen molar-refractivity contribution in [3.63, 3.8) is 0 Å². The van der Waals surface area contributed by atoms with Gasteiger partial charge in [0.25, 0.3) is 0 Å². The number of allylic oxidation sites excluding steroid dienone is 1. The smallest absolute Gasteiger partial charge is 0.545 e. The van der Waals surface area contributed by atoms with E-state index < -0.39 is 5.97 Å². The Labute approximate surface area is 54.4 Å². The summed E-state index contributed by atoms with van der Waals surface area (Å²) >= 11 is 0. The van der Waals surface area contributed by atoms with Crippen molar-refractivity contribution in [2.24, 2.45) is 0 Å². The van der Waals surface area contributed by atoms with Crippen LogP contribution in [0.5, 0.6) is 0 Å². The molecule has 34 valence electrons. The summed E-state index contributed by atoms with van der Waals surface area (Å²) in [5.41, 5.74) is 0. The fourth-order valence-corrected chi connectivity index (χ4v) is 0.136. The van der Waals surface area contributed by atoms with E-state index in [4.69, 9.17) is 0 Å². The van der Waals surface area contributed by atoms with Gasteiger partial charge in [0.2, 0.25) is 0 Å². The van der Waals surface area contributed by atoms with Crippen molar-refractivity contribution in [3.8, 4) is 0 Å². The minimum Gasteiger partial charge on any atom is -0.545 e. The van der Waals surface area contributed by atoms with Crippen LogP contribution in [0.1, 0.15) is 6.92 Å². The largest absolute Gasteiger partial charge is 1.00 e. The molecule has 0 unspecified atom stereocenters. The summed E-state index contributed by atoms with van der Waals surface area (Å²) in [5, 5.41) is 9.40. The van der Waals surface area contributed by atoms with E-state index in [1.54, 1.807) is 6.92 Å². The molecular weight excluding hydrogens is 87.0 g/mol. The zero-order chi connectivity index (χ0) is 4.99. The average molecular weight is 92.0 g/mol. The van der Waals surface area contributed by atoms with Gasteiger partial charge in [-0.1, -0.05) is 6.08 Å². The van der Waals surface area contributed by atoms with Crippen molar-refractivity contribution < 1.29 is 28.8 Å². The Hall–Kier alpha value is -0.193. The predicted molar refractivity (Wildman–Crippen MR) is 19.8 cm³/mol. The number of carboxylic acids is 1. The molecule has 7 heavy (non-hydrogen) atoms. The number of rotatable bonds is 1. The Morgan fingerprint density at radius 2 is 2.14 bits per heavy atom. The van der Waals surface area contributed by atoms with Gasteiger partial charge in [0, 0.05) is 0 Å². The van der Waals surface area contributed by atoms with Crippen molar-refractivity contribution in [3.05, 3.63) is 12.2 Å². The van der Waals surface area contributed by atoms with Crippen LogP contribution in [-0.4, -0.2) is 5.97 Å². The first-order chi connectivity index (χ1) is 2.77. The third-order valence-corrected chi connectivity index (χ3v) is 0.303. The topological polar surface area (TPSA) is 40.1 Å². The molecule has 0 bridgehead atoms. The predicted octanol–water partition coefficient (Wildman–Crippen LogP) is -3.68. The summed E-state index contributed by atoms with van der Waals surface area (Å²) in [6.45, 7) is 1.62. The molecule has 0 aromatic carbocycles. The summed E-state index contributed by atoms with van der Waals surface area (Å²) < 4.78 is 0. The third kappa shape index (κ3) is 10.7. The number of carbonyl (C=O) groups is 1. The molecule has 0 fully saturated rings. The van der Waals surface area contributed by atoms with Gasteiger partial charge in [-0.25, -0.2) is 0 Å². The SMILES string of the molecule is C/C=C/C(=O)[O-].[Li+]. The van der Waals surface area contributed by atoms with Gasteiger partial charge in [0.1, 0.15) is 0 Å². The molecule has 0 atom stereocenters. The van der Waals surface area contributed by atoms with Crippen LogP contribution in [0.2, 0.25) is 0 Å². The zero-order valence-electron chi connectivity index (χ0n) is 4.47. The molecule has 0 aliphatic carbocycles. The molecule has 0 heterocycles. The molecule has 0 saturated heterocycles. The molecule has 0 aromatic heterocycles. The van der Waals surface area contributed by atoms with Gasteiger partial charge in [-0.3, -0.25) is 0 Å². The molecule has 3 heteroatoms. The van der Waals surface area contributed by atoms with E-state index in [1.807, 2.05) is 0 Å². The van der Waals surface area contributed by atoms with Crippen LogP contribution < -0.4 is 24.0 Å². The number of hydrogen-bond acceptors (Lipinski definition) is 2. The Balaban J connectivity index is 0. The zero-order valence-corrected chi connectivity index (χ0v) is 4.47. The summed E-state index contributed by atoms with van der Waals surface area (Å²) in [6, 6.07) is 0. The maximum atomic E-state index is 9.40. The van der Waals surface area contributed by atoms with Gasteiger partial charge < -0.3 is 9.90 Å². The Kier molecular flexibility index (Phi) is 8.24. The van der Waals surface area contributed by atoms with Crippen molar-refractivity contribution in [2.45, 2.75) is 6.92 Å². The fourth-order valence-electron chi connectivity index (χ4n) is 0.136. The number of carboxylic acid groups (broad SMARTS) is 1. The summed E-state index contributed by atoms with van der Waals surface area (Å²) in [6.07, 6.45) is 2.38. The van der Waals surface area contributed by atoms with Gasteiger partial charge in [-0.2, -0.15) is 0 Å². The maximum absolute atomic E-state index is 9.40. The molecule has 0 aliphatic heterocycles. The molecular formula is C4H5LiO2. The molecule has 0 aliphatic rings. The number of carbonyl (C=O) groups excluding carboxylic acids is 1. The van der Waals surface area contributed by atoms with Crippen molar-refractivity contribution in [1.29, 1.82) is 0 Å². The molecule has 0 N–H and O–H groups in total. The molecule has 0 rings (SSSR count). The van der Waals surface area contributed by atoms with Gasteiger partial charge >= 0.3 is 18.9 Å². The van der Waals surface area contributed by atoms with Crippen LogP contribution in [0, 0.1) is 0 Å². The van der Waals surface area contributed by atoms with Crippen LogP contribution in [0.3, 0.4) is 0 Å². The van der Waals surface area contributed by atoms with E-state index in [2.05, 4.69) is 0 Å². The van der Waals surface area contributed by atoms with Crippen LogP contribution in [0.15, 0.2) is 12.2 Å². The molecule has 0 amide bonds. The first-order valence-corrected chi connectivity index (χ1v) is 1.61. The Morgan fingerprint density at radius 1 is 1.71 bits per heavy atom. The van der Waals surface area contributed by atoms with Gasteiger partial charge in [-0.05, 0) is 13.0 Å². The molecule has 0 saturated carbocycles. The van der Waals surface area contributed by atoms with E-state index in [9.17, 15) is 9.90 Å². The van der Waals surface area contributed by atoms with Crippen LogP contribution in [0.4, 0.5) is 0 Å². The molecule has 0 radical (unpaired) electrons. The number of hydrogen-bond donors (Lipinski definition) is 0. The second kappa shape index (κ2) is 5.81. The minimum absolute atomic E-state index is 0. The van der Waals surface area contributed by atoms with E-state index in [1.165, 1.54) is 6.08 Å². The van der Waals surface area contributed by atoms with Crippen molar-refractivity contribution in [1.82, 2.24) is 0 Å². The van der Waals surface area contributed by atoms with Crippen LogP contribution in [0.25, 0.3) is 0 Å². The summed E-state index contributed by atoms with van der Waals surface area (Å²) in [4.78, 5) is 9.40. The molecule has 0 aromatic rings. The monoisotopic (exact) mass is 92.0 g/mol. The standard InChI is InChI=1S/C4H6O2.Li/c1-2-3-4(5)6;/h2-3H,1H3,(H,5,6);/q;+1/p-1/b3-2+;. The van der Waals surface area contributed by atoms with E-state index in [0.29, 0.717) is 0 Å². The van der Waals surface area contributed by atoms with Crippen molar-refractivity contribution >= 4 is 5.97 Å². The van der Waals surface area contributed by atoms with Gasteiger partial charge in [0.15, 0.2) is 0 Å². The van der Waals surface area contributed by atoms with E-state index in [-0.39, 0.29) is 18.9 Å². The maximum Gasteiger partial charge on any atom is 1.00 e. The second-order valence-electron chi connectivity index (χ2n) is 0.819. The minimum atomic E-state index is -1.14. The Bertz CT molecular complexity index is 77.8. The number of aliphatic carboxylic acids is 1. The van der Waals surface area contributed by atoms with Crippen LogP contribution in [-0.2, 0) is 4.79 Å². The summed E-state index contributed by atoms with van der Waals surface area (Å²) in [5.74, 6) is -1.14. The average Bonchev–Trinajstić information content (AvgIpc) is 1.35.